The number of nitrogens with one attached hydrogen (secondary N) is 1. The molecule has 0 bridgehead atoms. The Kier molecular flexibility index (Phi) is 4.74. The van der Waals surface area contributed by atoms with Gasteiger partial charge in [0.2, 0.25) is 5.91 Å². The fourth-order valence-corrected chi connectivity index (χ4v) is 1.43. The number of phenolic OH excluding ortho intramolecular Hbond substituents is 2. The van der Waals surface area contributed by atoms with E-state index in [0.29, 0.717) is 5.56 Å². The number of hydrogen-bond donors (Lipinski definition) is 4. The topological polar surface area (TPSA) is 95.6 Å². The van der Waals surface area contributed by atoms with Crippen molar-refractivity contribution in [2.24, 2.45) is 5.73 Å². The molecule has 0 aromatic heterocycles. The average Bonchev–Trinajstić information content (AvgIpc) is 2.33. The van der Waals surface area contributed by atoms with Gasteiger partial charge in [-0.1, -0.05) is 12.1 Å². The maximum absolute atomic E-state index is 11.7. The van der Waals surface area contributed by atoms with Gasteiger partial charge >= 0.3 is 0 Å². The summed E-state index contributed by atoms with van der Waals surface area (Å²) in [6.07, 6.45) is 1.89. The number of benzene rings is 1. The van der Waals surface area contributed by atoms with Gasteiger partial charge in [0.15, 0.2) is 11.5 Å². The number of carbonyl (C=O) groups is 1. The number of carbonyl (C=O) groups excluding carboxylic acids is 1. The smallest absolute Gasteiger partial charge is 0.237 e. The molecule has 0 aliphatic rings. The fraction of sp³-hybridized carbons (Fsp3) is 0.308. The van der Waals surface area contributed by atoms with E-state index in [2.05, 4.69) is 11.9 Å². The molecule has 0 fully saturated rings. The summed E-state index contributed by atoms with van der Waals surface area (Å²) in [6.45, 7) is 5.36. The molecular formula is C13H18N2O3. The summed E-state index contributed by atoms with van der Waals surface area (Å²) < 4.78 is 0. The van der Waals surface area contributed by atoms with Crippen molar-refractivity contribution in [3.63, 3.8) is 0 Å². The molecule has 0 heterocycles. The van der Waals surface area contributed by atoms with Gasteiger partial charge in [-0.05, 0) is 31.0 Å². The first-order chi connectivity index (χ1) is 8.43. The van der Waals surface area contributed by atoms with E-state index in [1.807, 2.05) is 0 Å². The molecule has 98 valence electrons. The van der Waals surface area contributed by atoms with Crippen LogP contribution in [0.2, 0.25) is 0 Å². The maximum atomic E-state index is 11.7. The monoisotopic (exact) mass is 250 g/mol. The van der Waals surface area contributed by atoms with Crippen LogP contribution in [0.15, 0.2) is 30.9 Å². The number of rotatable bonds is 5. The van der Waals surface area contributed by atoms with Crippen molar-refractivity contribution in [1.29, 1.82) is 0 Å². The molecular weight excluding hydrogens is 232 g/mol. The van der Waals surface area contributed by atoms with Gasteiger partial charge in [-0.25, -0.2) is 0 Å². The van der Waals surface area contributed by atoms with Crippen molar-refractivity contribution in [3.8, 4) is 11.5 Å². The second kappa shape index (κ2) is 6.07. The highest BCUT2D eigenvalue weighted by Crippen LogP contribution is 2.25. The molecule has 0 aliphatic heterocycles. The first kappa shape index (κ1) is 14.1. The van der Waals surface area contributed by atoms with Gasteiger partial charge in [0, 0.05) is 6.04 Å². The Morgan fingerprint density at radius 2 is 2.17 bits per heavy atom. The summed E-state index contributed by atoms with van der Waals surface area (Å²) in [5.41, 5.74) is 6.43. The van der Waals surface area contributed by atoms with E-state index >= 15 is 0 Å². The van der Waals surface area contributed by atoms with Crippen LogP contribution in [0.25, 0.3) is 0 Å². The van der Waals surface area contributed by atoms with Gasteiger partial charge in [0.05, 0.1) is 6.04 Å². The minimum atomic E-state index is -0.712. The van der Waals surface area contributed by atoms with E-state index in [4.69, 9.17) is 10.8 Å². The van der Waals surface area contributed by atoms with Crippen LogP contribution >= 0.6 is 0 Å². The average molecular weight is 250 g/mol. The molecule has 18 heavy (non-hydrogen) atoms. The lowest BCUT2D eigenvalue weighted by Crippen LogP contribution is -2.44. The van der Waals surface area contributed by atoms with Gasteiger partial charge in [-0.15, -0.1) is 6.58 Å². The van der Waals surface area contributed by atoms with E-state index in [1.165, 1.54) is 12.1 Å². The quantitative estimate of drug-likeness (QED) is 0.456. The minimum absolute atomic E-state index is 0.142. The molecule has 0 spiro atoms. The van der Waals surface area contributed by atoms with E-state index in [-0.39, 0.29) is 29.9 Å². The molecule has 5 heteroatoms. The lowest BCUT2D eigenvalue weighted by Gasteiger charge is -2.15. The van der Waals surface area contributed by atoms with Crippen molar-refractivity contribution in [2.45, 2.75) is 25.4 Å². The van der Waals surface area contributed by atoms with Gasteiger partial charge < -0.3 is 21.3 Å². The molecule has 1 aromatic rings. The predicted molar refractivity (Wildman–Crippen MR) is 69.3 cm³/mol. The van der Waals surface area contributed by atoms with E-state index in [1.54, 1.807) is 19.1 Å². The third-order valence-corrected chi connectivity index (χ3v) is 2.56. The first-order valence-corrected chi connectivity index (χ1v) is 5.63. The summed E-state index contributed by atoms with van der Waals surface area (Å²) in [4.78, 5) is 11.7. The molecule has 5 nitrogen and oxygen atoms in total. The number of aromatic hydroxyl groups is 2. The molecule has 0 radical (unpaired) electrons. The molecule has 2 atom stereocenters. The second-order valence-electron chi connectivity index (χ2n) is 4.17. The van der Waals surface area contributed by atoms with E-state index in [9.17, 15) is 9.90 Å². The van der Waals surface area contributed by atoms with Crippen LogP contribution in [0, 0.1) is 0 Å². The molecule has 1 rings (SSSR count). The Labute approximate surface area is 106 Å². The molecule has 0 aliphatic carbocycles. The van der Waals surface area contributed by atoms with Crippen molar-refractivity contribution < 1.29 is 15.0 Å². The zero-order chi connectivity index (χ0) is 13.7. The second-order valence-corrected chi connectivity index (χ2v) is 4.17. The Morgan fingerprint density at radius 3 is 2.72 bits per heavy atom. The zero-order valence-corrected chi connectivity index (χ0v) is 10.3. The van der Waals surface area contributed by atoms with Gasteiger partial charge in [-0.3, -0.25) is 4.79 Å². The third kappa shape index (κ3) is 3.78. The normalized spacial score (nSPS) is 13.7. The van der Waals surface area contributed by atoms with Crippen LogP contribution in [0.4, 0.5) is 0 Å². The van der Waals surface area contributed by atoms with Crippen LogP contribution in [-0.4, -0.2) is 28.2 Å². The summed E-state index contributed by atoms with van der Waals surface area (Å²) in [6, 6.07) is 3.51. The van der Waals surface area contributed by atoms with E-state index < -0.39 is 6.04 Å². The van der Waals surface area contributed by atoms with Gasteiger partial charge in [-0.2, -0.15) is 0 Å². The highest BCUT2D eigenvalue weighted by atomic mass is 16.3. The molecule has 0 saturated carbocycles. The van der Waals surface area contributed by atoms with Crippen molar-refractivity contribution >= 4 is 5.91 Å². The third-order valence-electron chi connectivity index (χ3n) is 2.56. The van der Waals surface area contributed by atoms with Crippen LogP contribution in [0.3, 0.4) is 0 Å². The molecule has 5 N–H and O–H groups in total. The highest BCUT2D eigenvalue weighted by Gasteiger charge is 2.15. The number of phenols is 2. The van der Waals surface area contributed by atoms with Crippen LogP contribution in [0.5, 0.6) is 11.5 Å². The summed E-state index contributed by atoms with van der Waals surface area (Å²) in [5, 5.41) is 21.2. The summed E-state index contributed by atoms with van der Waals surface area (Å²) in [5.74, 6) is -0.702. The van der Waals surface area contributed by atoms with Gasteiger partial charge in [0.1, 0.15) is 0 Å². The number of nitrogens with two attached hydrogens (primary N) is 1. The van der Waals surface area contributed by atoms with Crippen molar-refractivity contribution in [1.82, 2.24) is 5.32 Å². The standard InChI is InChI=1S/C13H18N2O3/c1-3-8(2)15-13(18)10(14)6-9-4-5-11(16)12(17)7-9/h3-5,7-8,10,16-17H,1,6,14H2,2H3,(H,15,18)/t8?,10-/m0/s1. The lowest BCUT2D eigenvalue weighted by atomic mass is 10.1. The Morgan fingerprint density at radius 1 is 1.50 bits per heavy atom. The lowest BCUT2D eigenvalue weighted by molar-refractivity contribution is -0.122. The van der Waals surface area contributed by atoms with Crippen molar-refractivity contribution in [2.75, 3.05) is 0 Å². The van der Waals surface area contributed by atoms with Crippen LogP contribution in [0.1, 0.15) is 12.5 Å². The Hall–Kier alpha value is -2.01. The van der Waals surface area contributed by atoms with Crippen LogP contribution in [-0.2, 0) is 11.2 Å². The molecule has 1 aromatic carbocycles. The van der Waals surface area contributed by atoms with Gasteiger partial charge in [0.25, 0.3) is 0 Å². The maximum Gasteiger partial charge on any atom is 0.237 e. The van der Waals surface area contributed by atoms with Crippen LogP contribution < -0.4 is 11.1 Å². The van der Waals surface area contributed by atoms with Crippen molar-refractivity contribution in [3.05, 3.63) is 36.4 Å². The molecule has 1 amide bonds. The Balaban J connectivity index is 2.63. The Bertz CT molecular complexity index is 446. The molecule has 1 unspecified atom stereocenters. The number of hydrogen-bond acceptors (Lipinski definition) is 4. The summed E-state index contributed by atoms with van der Waals surface area (Å²) >= 11 is 0. The number of amides is 1. The molecule has 0 saturated heterocycles. The first-order valence-electron chi connectivity index (χ1n) is 5.63. The fourth-order valence-electron chi connectivity index (χ4n) is 1.43. The summed E-state index contributed by atoms with van der Waals surface area (Å²) in [7, 11) is 0. The largest absolute Gasteiger partial charge is 0.504 e. The predicted octanol–water partition coefficient (Wildman–Crippen LogP) is 0.658. The minimum Gasteiger partial charge on any atom is -0.504 e. The van der Waals surface area contributed by atoms with E-state index in [0.717, 1.165) is 0 Å². The highest BCUT2D eigenvalue weighted by molar-refractivity contribution is 5.82. The zero-order valence-electron chi connectivity index (χ0n) is 10.3. The SMILES string of the molecule is C=CC(C)NC(=O)[C@@H](N)Cc1ccc(O)c(O)c1.